The predicted molar refractivity (Wildman–Crippen MR) is 84.8 cm³/mol. The molecular weight excluding hydrogens is 278 g/mol. The van der Waals surface area contributed by atoms with Crippen LogP contribution in [0, 0.1) is 0 Å². The molecule has 22 heavy (non-hydrogen) atoms. The lowest BCUT2D eigenvalue weighted by atomic mass is 9.89. The Kier molecular flexibility index (Phi) is 4.68. The first-order valence-electron chi connectivity index (χ1n) is 8.13. The molecule has 1 aliphatic carbocycles. The molecule has 1 aliphatic rings. The summed E-state index contributed by atoms with van der Waals surface area (Å²) >= 11 is 0. The number of nitrogens with one attached hydrogen (secondary N) is 1. The zero-order chi connectivity index (χ0) is 15.4. The number of rotatable bonds is 5. The number of nitrogens with two attached hydrogens (primary N) is 1. The van der Waals surface area contributed by atoms with Crippen molar-refractivity contribution in [1.29, 1.82) is 0 Å². The van der Waals surface area contributed by atoms with Crippen LogP contribution in [-0.4, -0.2) is 33.6 Å². The molecule has 2 aromatic rings. The summed E-state index contributed by atoms with van der Waals surface area (Å²) in [4.78, 5) is 12.3. The third kappa shape index (κ3) is 2.97. The van der Waals surface area contributed by atoms with Gasteiger partial charge in [-0.25, -0.2) is 0 Å². The molecule has 118 valence electrons. The second-order valence-corrected chi connectivity index (χ2v) is 5.91. The molecule has 1 fully saturated rings. The Morgan fingerprint density at radius 2 is 2.14 bits per heavy atom. The van der Waals surface area contributed by atoms with Gasteiger partial charge in [-0.1, -0.05) is 19.3 Å². The predicted octanol–water partition coefficient (Wildman–Crippen LogP) is 1.86. The van der Waals surface area contributed by atoms with Gasteiger partial charge in [0, 0.05) is 18.7 Å². The highest BCUT2D eigenvalue weighted by atomic mass is 16.1. The van der Waals surface area contributed by atoms with E-state index in [2.05, 4.69) is 15.5 Å². The first-order chi connectivity index (χ1) is 10.8. The molecule has 0 spiro atoms. The Balaban J connectivity index is 1.86. The number of hydrogen-bond acceptors (Lipinski definition) is 4. The van der Waals surface area contributed by atoms with Gasteiger partial charge in [-0.3, -0.25) is 9.20 Å². The molecule has 0 atom stereocenters. The topological polar surface area (TPSA) is 85.3 Å². The highest BCUT2D eigenvalue weighted by Crippen LogP contribution is 2.31. The summed E-state index contributed by atoms with van der Waals surface area (Å²) < 4.78 is 1.98. The number of amides is 1. The van der Waals surface area contributed by atoms with Gasteiger partial charge in [0.2, 0.25) is 0 Å². The standard InChI is InChI=1S/C16H23N5O/c17-9-5-10-18-16(22)13-8-4-11-21-14(19-20-15(13)21)12-6-2-1-3-7-12/h4,8,11-12H,1-3,5-7,9-10,17H2,(H,18,22). The molecule has 2 aromatic heterocycles. The van der Waals surface area contributed by atoms with Crippen LogP contribution in [0.2, 0.25) is 0 Å². The van der Waals surface area contributed by atoms with Crippen LogP contribution >= 0.6 is 0 Å². The van der Waals surface area contributed by atoms with Gasteiger partial charge < -0.3 is 11.1 Å². The summed E-state index contributed by atoms with van der Waals surface area (Å²) in [5, 5.41) is 11.5. The number of carbonyl (C=O) groups excluding carboxylic acids is 1. The smallest absolute Gasteiger partial charge is 0.255 e. The average molecular weight is 301 g/mol. The highest BCUT2D eigenvalue weighted by Gasteiger charge is 2.22. The zero-order valence-electron chi connectivity index (χ0n) is 12.8. The van der Waals surface area contributed by atoms with Gasteiger partial charge in [0.25, 0.3) is 5.91 Å². The van der Waals surface area contributed by atoms with Crippen molar-refractivity contribution in [2.75, 3.05) is 13.1 Å². The summed E-state index contributed by atoms with van der Waals surface area (Å²) in [6.45, 7) is 1.15. The molecule has 2 heterocycles. The molecular formula is C16H23N5O. The van der Waals surface area contributed by atoms with Crippen molar-refractivity contribution >= 4 is 11.6 Å². The van der Waals surface area contributed by atoms with Crippen LogP contribution in [0.3, 0.4) is 0 Å². The molecule has 0 bridgehead atoms. The largest absolute Gasteiger partial charge is 0.352 e. The van der Waals surface area contributed by atoms with Crippen molar-refractivity contribution in [1.82, 2.24) is 19.9 Å². The van der Waals surface area contributed by atoms with Crippen molar-refractivity contribution in [2.45, 2.75) is 44.4 Å². The molecule has 0 radical (unpaired) electrons. The van der Waals surface area contributed by atoms with Gasteiger partial charge in [-0.15, -0.1) is 10.2 Å². The molecule has 0 unspecified atom stereocenters. The number of hydrogen-bond donors (Lipinski definition) is 2. The van der Waals surface area contributed by atoms with Gasteiger partial charge in [0.15, 0.2) is 5.65 Å². The van der Waals surface area contributed by atoms with E-state index in [0.29, 0.717) is 30.2 Å². The first-order valence-corrected chi connectivity index (χ1v) is 8.13. The van der Waals surface area contributed by atoms with Crippen molar-refractivity contribution < 1.29 is 4.79 Å². The normalized spacial score (nSPS) is 16.0. The van der Waals surface area contributed by atoms with E-state index in [9.17, 15) is 4.79 Å². The molecule has 6 heteroatoms. The Morgan fingerprint density at radius 3 is 2.91 bits per heavy atom. The van der Waals surface area contributed by atoms with E-state index < -0.39 is 0 Å². The molecule has 0 aromatic carbocycles. The van der Waals surface area contributed by atoms with Crippen LogP contribution in [0.15, 0.2) is 18.3 Å². The van der Waals surface area contributed by atoms with Crippen molar-refractivity contribution in [2.24, 2.45) is 5.73 Å². The molecule has 6 nitrogen and oxygen atoms in total. The van der Waals surface area contributed by atoms with Crippen LogP contribution in [-0.2, 0) is 0 Å². The number of pyridine rings is 1. The Labute approximate surface area is 130 Å². The van der Waals surface area contributed by atoms with E-state index in [0.717, 1.165) is 25.1 Å². The maximum atomic E-state index is 12.3. The molecule has 1 amide bonds. The Hall–Kier alpha value is -1.95. The van der Waals surface area contributed by atoms with E-state index in [1.807, 2.05) is 16.7 Å². The van der Waals surface area contributed by atoms with Crippen molar-refractivity contribution in [3.8, 4) is 0 Å². The van der Waals surface area contributed by atoms with Crippen LogP contribution in [0.4, 0.5) is 0 Å². The lowest BCUT2D eigenvalue weighted by molar-refractivity contribution is 0.0954. The van der Waals surface area contributed by atoms with Gasteiger partial charge in [0.05, 0.1) is 5.56 Å². The number of fused-ring (bicyclic) bond motifs is 1. The number of aromatic nitrogens is 3. The van der Waals surface area contributed by atoms with Crippen LogP contribution in [0.25, 0.3) is 5.65 Å². The first kappa shape index (κ1) is 15.0. The number of nitrogens with zero attached hydrogens (tertiary/aromatic N) is 3. The van der Waals surface area contributed by atoms with E-state index in [4.69, 9.17) is 5.73 Å². The summed E-state index contributed by atoms with van der Waals surface area (Å²) in [5.74, 6) is 1.34. The second kappa shape index (κ2) is 6.87. The van der Waals surface area contributed by atoms with Crippen molar-refractivity contribution in [3.05, 3.63) is 29.7 Å². The minimum Gasteiger partial charge on any atom is -0.352 e. The maximum absolute atomic E-state index is 12.3. The third-order valence-electron chi connectivity index (χ3n) is 4.34. The highest BCUT2D eigenvalue weighted by molar-refractivity contribution is 5.99. The zero-order valence-corrected chi connectivity index (χ0v) is 12.8. The fraction of sp³-hybridized carbons (Fsp3) is 0.562. The molecule has 3 rings (SSSR count). The van der Waals surface area contributed by atoms with E-state index in [1.165, 1.54) is 19.3 Å². The third-order valence-corrected chi connectivity index (χ3v) is 4.34. The summed E-state index contributed by atoms with van der Waals surface area (Å²) in [6, 6.07) is 3.69. The Bertz CT molecular complexity index is 645. The lowest BCUT2D eigenvalue weighted by Gasteiger charge is -2.19. The van der Waals surface area contributed by atoms with Gasteiger partial charge in [-0.05, 0) is 37.9 Å². The molecule has 0 aliphatic heterocycles. The average Bonchev–Trinajstić information content (AvgIpc) is 2.99. The maximum Gasteiger partial charge on any atom is 0.255 e. The monoisotopic (exact) mass is 301 g/mol. The van der Waals surface area contributed by atoms with Crippen LogP contribution < -0.4 is 11.1 Å². The SMILES string of the molecule is NCCCNC(=O)c1cccn2c(C3CCCCC3)nnc12. The fourth-order valence-electron chi connectivity index (χ4n) is 3.15. The Morgan fingerprint density at radius 1 is 1.32 bits per heavy atom. The minimum absolute atomic E-state index is 0.110. The minimum atomic E-state index is -0.110. The second-order valence-electron chi connectivity index (χ2n) is 5.91. The molecule has 0 saturated heterocycles. The summed E-state index contributed by atoms with van der Waals surface area (Å²) in [6.07, 6.45) is 8.85. The van der Waals surface area contributed by atoms with E-state index >= 15 is 0 Å². The van der Waals surface area contributed by atoms with Crippen LogP contribution in [0.1, 0.15) is 60.6 Å². The fourth-order valence-corrected chi connectivity index (χ4v) is 3.15. The quantitative estimate of drug-likeness (QED) is 0.825. The van der Waals surface area contributed by atoms with Gasteiger partial charge in [-0.2, -0.15) is 0 Å². The summed E-state index contributed by atoms with van der Waals surface area (Å²) in [5.41, 5.74) is 6.68. The van der Waals surface area contributed by atoms with Gasteiger partial charge >= 0.3 is 0 Å². The van der Waals surface area contributed by atoms with Gasteiger partial charge in [0.1, 0.15) is 5.82 Å². The van der Waals surface area contributed by atoms with E-state index in [1.54, 1.807) is 6.07 Å². The number of carbonyl (C=O) groups is 1. The molecule has 1 saturated carbocycles. The van der Waals surface area contributed by atoms with E-state index in [-0.39, 0.29) is 5.91 Å². The summed E-state index contributed by atoms with van der Waals surface area (Å²) in [7, 11) is 0. The van der Waals surface area contributed by atoms with Crippen molar-refractivity contribution in [3.63, 3.8) is 0 Å². The molecule has 3 N–H and O–H groups in total. The van der Waals surface area contributed by atoms with Crippen LogP contribution in [0.5, 0.6) is 0 Å². The lowest BCUT2D eigenvalue weighted by Crippen LogP contribution is -2.26.